The van der Waals surface area contributed by atoms with Gasteiger partial charge in [-0.15, -0.1) is 0 Å². The summed E-state index contributed by atoms with van der Waals surface area (Å²) < 4.78 is 1.68. The molecule has 0 saturated carbocycles. The van der Waals surface area contributed by atoms with Gasteiger partial charge >= 0.3 is 0 Å². The highest BCUT2D eigenvalue weighted by atomic mass is 15.3. The largest absolute Gasteiger partial charge is 0.383 e. The molecule has 19 heavy (non-hydrogen) atoms. The topological polar surface area (TPSA) is 85.4 Å². The molecule has 3 aromatic heterocycles. The van der Waals surface area contributed by atoms with Crippen molar-refractivity contribution in [1.82, 2.24) is 25.0 Å². The number of aryl methyl sites for hydroxylation is 2. The Bertz CT molecular complexity index is 710. The van der Waals surface area contributed by atoms with Crippen LogP contribution in [0, 0.1) is 6.92 Å². The van der Waals surface area contributed by atoms with Gasteiger partial charge in [-0.05, 0) is 24.6 Å². The molecule has 0 aliphatic heterocycles. The third kappa shape index (κ3) is 1.77. The lowest BCUT2D eigenvalue weighted by atomic mass is 10.0. The van der Waals surface area contributed by atoms with E-state index in [0.717, 1.165) is 28.1 Å². The van der Waals surface area contributed by atoms with E-state index in [2.05, 4.69) is 20.3 Å². The van der Waals surface area contributed by atoms with Crippen molar-refractivity contribution in [3.8, 4) is 22.4 Å². The van der Waals surface area contributed by atoms with Crippen LogP contribution < -0.4 is 5.73 Å². The van der Waals surface area contributed by atoms with Crippen molar-refractivity contribution >= 4 is 5.82 Å². The number of hydrogen-bond donors (Lipinski definition) is 2. The molecule has 0 aliphatic carbocycles. The summed E-state index contributed by atoms with van der Waals surface area (Å²) in [6, 6.07) is 3.85. The third-order valence-corrected chi connectivity index (χ3v) is 3.15. The zero-order chi connectivity index (χ0) is 13.4. The Balaban J connectivity index is 2.28. The molecule has 3 aromatic rings. The van der Waals surface area contributed by atoms with Crippen molar-refractivity contribution in [2.24, 2.45) is 7.05 Å². The smallest absolute Gasteiger partial charge is 0.129 e. The lowest BCUT2D eigenvalue weighted by Crippen LogP contribution is -1.97. The molecule has 6 heteroatoms. The molecule has 0 amide bonds. The van der Waals surface area contributed by atoms with Crippen LogP contribution in [0.15, 0.2) is 30.7 Å². The second-order valence-corrected chi connectivity index (χ2v) is 4.38. The van der Waals surface area contributed by atoms with Gasteiger partial charge < -0.3 is 5.73 Å². The molecule has 0 radical (unpaired) electrons. The number of H-pyrrole nitrogens is 1. The predicted octanol–water partition coefficient (Wildman–Crippen LogP) is 1.76. The van der Waals surface area contributed by atoms with Crippen LogP contribution >= 0.6 is 0 Å². The predicted molar refractivity (Wildman–Crippen MR) is 73.2 cm³/mol. The minimum atomic E-state index is 0.627. The van der Waals surface area contributed by atoms with Gasteiger partial charge in [-0.1, -0.05) is 0 Å². The lowest BCUT2D eigenvalue weighted by Gasteiger charge is -2.03. The molecule has 0 atom stereocenters. The summed E-state index contributed by atoms with van der Waals surface area (Å²) in [5, 5.41) is 11.5. The number of nitrogens with two attached hydrogens (primary N) is 1. The van der Waals surface area contributed by atoms with Crippen molar-refractivity contribution in [2.45, 2.75) is 6.92 Å². The van der Waals surface area contributed by atoms with Gasteiger partial charge in [-0.2, -0.15) is 10.2 Å². The van der Waals surface area contributed by atoms with Crippen LogP contribution in [0.5, 0.6) is 0 Å². The second-order valence-electron chi connectivity index (χ2n) is 4.38. The van der Waals surface area contributed by atoms with Gasteiger partial charge in [0.2, 0.25) is 0 Å². The van der Waals surface area contributed by atoms with Gasteiger partial charge in [0.15, 0.2) is 0 Å². The van der Waals surface area contributed by atoms with Crippen molar-refractivity contribution in [2.75, 3.05) is 5.73 Å². The highest BCUT2D eigenvalue weighted by molar-refractivity contribution is 5.88. The van der Waals surface area contributed by atoms with E-state index in [1.54, 1.807) is 23.3 Å². The zero-order valence-electron chi connectivity index (χ0n) is 10.8. The van der Waals surface area contributed by atoms with Crippen molar-refractivity contribution < 1.29 is 0 Å². The number of nitrogens with one attached hydrogen (secondary N) is 1. The molecule has 3 heterocycles. The highest BCUT2D eigenvalue weighted by Crippen LogP contribution is 2.36. The van der Waals surface area contributed by atoms with Gasteiger partial charge in [-0.25, -0.2) is 0 Å². The number of rotatable bonds is 2. The minimum Gasteiger partial charge on any atom is -0.383 e. The molecule has 3 rings (SSSR count). The van der Waals surface area contributed by atoms with Crippen molar-refractivity contribution in [1.29, 1.82) is 0 Å². The van der Waals surface area contributed by atoms with Crippen LogP contribution in [0.25, 0.3) is 22.4 Å². The van der Waals surface area contributed by atoms with E-state index < -0.39 is 0 Å². The Hall–Kier alpha value is -2.63. The second kappa shape index (κ2) is 4.24. The summed E-state index contributed by atoms with van der Waals surface area (Å²) in [5.74, 6) is 0.627. The summed E-state index contributed by atoms with van der Waals surface area (Å²) in [6.45, 7) is 1.96. The Morgan fingerprint density at radius 1 is 1.26 bits per heavy atom. The van der Waals surface area contributed by atoms with Crippen LogP contribution in [-0.2, 0) is 7.05 Å². The monoisotopic (exact) mass is 254 g/mol. The summed E-state index contributed by atoms with van der Waals surface area (Å²) >= 11 is 0. The standard InChI is InChI=1S/C13H14N6/c1-8-10(7-16-17-8)12-11(13(14)19(2)18-12)9-3-5-15-6-4-9/h3-7H,14H2,1-2H3,(H,16,17). The van der Waals surface area contributed by atoms with Crippen LogP contribution in [-0.4, -0.2) is 25.0 Å². The first kappa shape index (κ1) is 11.5. The minimum absolute atomic E-state index is 0.627. The average Bonchev–Trinajstić information content (AvgIpc) is 2.96. The van der Waals surface area contributed by atoms with Gasteiger partial charge in [-0.3, -0.25) is 14.8 Å². The number of pyridine rings is 1. The molecule has 0 saturated heterocycles. The number of anilines is 1. The maximum Gasteiger partial charge on any atom is 0.129 e. The molecule has 0 fully saturated rings. The quantitative estimate of drug-likeness (QED) is 0.729. The normalized spacial score (nSPS) is 10.8. The Morgan fingerprint density at radius 2 is 2.00 bits per heavy atom. The molecule has 0 aromatic carbocycles. The van der Waals surface area contributed by atoms with Gasteiger partial charge in [0, 0.05) is 30.7 Å². The Morgan fingerprint density at radius 3 is 2.63 bits per heavy atom. The van der Waals surface area contributed by atoms with Gasteiger partial charge in [0.05, 0.1) is 11.8 Å². The lowest BCUT2D eigenvalue weighted by molar-refractivity contribution is 0.782. The first-order valence-electron chi connectivity index (χ1n) is 5.91. The molecular weight excluding hydrogens is 240 g/mol. The number of aromatic amines is 1. The summed E-state index contributed by atoms with van der Waals surface area (Å²) in [4.78, 5) is 4.03. The van der Waals surface area contributed by atoms with Crippen LogP contribution in [0.3, 0.4) is 0 Å². The molecule has 6 nitrogen and oxygen atoms in total. The van der Waals surface area contributed by atoms with Crippen LogP contribution in [0.4, 0.5) is 5.82 Å². The maximum atomic E-state index is 6.14. The third-order valence-electron chi connectivity index (χ3n) is 3.15. The zero-order valence-corrected chi connectivity index (χ0v) is 10.8. The molecule has 96 valence electrons. The maximum absolute atomic E-state index is 6.14. The molecule has 0 unspecified atom stereocenters. The Kier molecular flexibility index (Phi) is 2.56. The SMILES string of the molecule is Cc1[nH]ncc1-c1nn(C)c(N)c1-c1ccncc1. The summed E-state index contributed by atoms with van der Waals surface area (Å²) in [5.41, 5.74) is 10.8. The molecular formula is C13H14N6. The van der Waals surface area contributed by atoms with E-state index >= 15 is 0 Å². The summed E-state index contributed by atoms with van der Waals surface area (Å²) in [6.07, 6.45) is 5.25. The first-order valence-corrected chi connectivity index (χ1v) is 5.91. The molecule has 3 N–H and O–H groups in total. The Labute approximate surface area is 110 Å². The van der Waals surface area contributed by atoms with Crippen molar-refractivity contribution in [3.05, 3.63) is 36.4 Å². The summed E-state index contributed by atoms with van der Waals surface area (Å²) in [7, 11) is 1.83. The van der Waals surface area contributed by atoms with E-state index in [0.29, 0.717) is 5.82 Å². The van der Waals surface area contributed by atoms with E-state index in [1.807, 2.05) is 26.1 Å². The fraction of sp³-hybridized carbons (Fsp3) is 0.154. The molecule has 0 aliphatic rings. The van der Waals surface area contributed by atoms with Crippen molar-refractivity contribution in [3.63, 3.8) is 0 Å². The fourth-order valence-corrected chi connectivity index (χ4v) is 2.12. The first-order chi connectivity index (χ1) is 9.18. The number of hydrogen-bond acceptors (Lipinski definition) is 4. The van der Waals surface area contributed by atoms with Gasteiger partial charge in [0.25, 0.3) is 0 Å². The van der Waals surface area contributed by atoms with Crippen LogP contribution in [0.2, 0.25) is 0 Å². The van der Waals surface area contributed by atoms with E-state index in [9.17, 15) is 0 Å². The van der Waals surface area contributed by atoms with E-state index in [1.165, 1.54) is 0 Å². The number of nitrogens with zero attached hydrogens (tertiary/aromatic N) is 4. The van der Waals surface area contributed by atoms with Gasteiger partial charge in [0.1, 0.15) is 11.5 Å². The number of aromatic nitrogens is 5. The highest BCUT2D eigenvalue weighted by Gasteiger charge is 2.19. The van der Waals surface area contributed by atoms with E-state index in [-0.39, 0.29) is 0 Å². The van der Waals surface area contributed by atoms with E-state index in [4.69, 9.17) is 5.73 Å². The molecule has 0 bridgehead atoms. The number of nitrogen functional groups attached to an aromatic ring is 1. The molecule has 0 spiro atoms. The van der Waals surface area contributed by atoms with Crippen LogP contribution in [0.1, 0.15) is 5.69 Å². The fourth-order valence-electron chi connectivity index (χ4n) is 2.12. The average molecular weight is 254 g/mol.